The first-order valence-electron chi connectivity index (χ1n) is 5.25. The number of aryl methyl sites for hydroxylation is 2. The Morgan fingerprint density at radius 2 is 1.94 bits per heavy atom. The van der Waals surface area contributed by atoms with Crippen molar-refractivity contribution < 1.29 is 4.79 Å². The number of primary amides is 1. The Kier molecular flexibility index (Phi) is 2.89. The second-order valence-corrected chi connectivity index (χ2v) is 5.20. The van der Waals surface area contributed by atoms with E-state index in [1.54, 1.807) is 11.6 Å². The Hall–Kier alpha value is -1.46. The van der Waals surface area contributed by atoms with Gasteiger partial charge in [0.05, 0.1) is 0 Å². The Balaban J connectivity index is 2.56. The minimum absolute atomic E-state index is 0.545. The van der Waals surface area contributed by atoms with E-state index in [0.29, 0.717) is 0 Å². The lowest BCUT2D eigenvalue weighted by Gasteiger charge is -2.34. The van der Waals surface area contributed by atoms with Crippen molar-refractivity contribution in [3.05, 3.63) is 46.5 Å². The van der Waals surface area contributed by atoms with Gasteiger partial charge in [0.25, 0.3) is 0 Å². The fourth-order valence-electron chi connectivity index (χ4n) is 2.16. The number of amides is 2. The molecule has 1 aromatic rings. The van der Waals surface area contributed by atoms with Crippen LogP contribution in [0.4, 0.5) is 4.79 Å². The lowest BCUT2D eigenvalue weighted by atomic mass is 9.99. The molecule has 4 N–H and O–H groups in total. The number of benzene rings is 1. The molecule has 2 rings (SSSR count). The molecule has 0 bridgehead atoms. The average molecular weight is 249 g/mol. The quantitative estimate of drug-likeness (QED) is 0.799. The number of hydrogen-bond acceptors (Lipinski definition) is 3. The highest BCUT2D eigenvalue weighted by molar-refractivity contribution is 8.03. The Morgan fingerprint density at radius 1 is 1.35 bits per heavy atom. The van der Waals surface area contributed by atoms with E-state index in [0.717, 1.165) is 16.7 Å². The molecule has 0 aliphatic carbocycles. The van der Waals surface area contributed by atoms with Crippen molar-refractivity contribution >= 4 is 17.8 Å². The smallest absolute Gasteiger partial charge is 0.321 e. The molecular weight excluding hydrogens is 234 g/mol. The number of rotatable bonds is 1. The second kappa shape index (κ2) is 4.09. The van der Waals surface area contributed by atoms with Gasteiger partial charge < -0.3 is 5.73 Å². The van der Waals surface area contributed by atoms with Gasteiger partial charge in [-0.2, -0.15) is 0 Å². The van der Waals surface area contributed by atoms with Gasteiger partial charge in [-0.1, -0.05) is 30.0 Å². The van der Waals surface area contributed by atoms with Gasteiger partial charge in [0.2, 0.25) is 0 Å². The van der Waals surface area contributed by atoms with Crippen LogP contribution in [0.5, 0.6) is 0 Å². The van der Waals surface area contributed by atoms with Crippen LogP contribution in [0.15, 0.2) is 29.8 Å². The monoisotopic (exact) mass is 249 g/mol. The maximum absolute atomic E-state index is 11.4. The molecule has 0 fully saturated rings. The van der Waals surface area contributed by atoms with Crippen LogP contribution in [0.25, 0.3) is 0 Å². The van der Waals surface area contributed by atoms with Gasteiger partial charge in [0.15, 0.2) is 4.99 Å². The summed E-state index contributed by atoms with van der Waals surface area (Å²) in [6, 6.07) is 5.39. The van der Waals surface area contributed by atoms with E-state index in [1.807, 2.05) is 32.0 Å². The van der Waals surface area contributed by atoms with Crippen molar-refractivity contribution in [2.24, 2.45) is 11.5 Å². The molecule has 0 saturated carbocycles. The van der Waals surface area contributed by atoms with Gasteiger partial charge in [-0.25, -0.2) is 4.79 Å². The summed E-state index contributed by atoms with van der Waals surface area (Å²) in [5.41, 5.74) is 14.7. The third-order valence-corrected chi connectivity index (χ3v) is 3.91. The third-order valence-electron chi connectivity index (χ3n) is 2.89. The van der Waals surface area contributed by atoms with Crippen molar-refractivity contribution in [3.8, 4) is 0 Å². The predicted octanol–water partition coefficient (Wildman–Crippen LogP) is 1.97. The fourth-order valence-corrected chi connectivity index (χ4v) is 3.25. The summed E-state index contributed by atoms with van der Waals surface area (Å²) in [7, 11) is 0. The summed E-state index contributed by atoms with van der Waals surface area (Å²) in [6.07, 6.45) is 1.62. The highest BCUT2D eigenvalue weighted by atomic mass is 32.2. The van der Waals surface area contributed by atoms with E-state index in [4.69, 9.17) is 11.5 Å². The van der Waals surface area contributed by atoms with E-state index in [2.05, 4.69) is 0 Å². The second-order valence-electron chi connectivity index (χ2n) is 4.07. The largest absolute Gasteiger partial charge is 0.351 e. The molecule has 0 saturated heterocycles. The summed E-state index contributed by atoms with van der Waals surface area (Å²) in [5, 5.41) is 1.79. The van der Waals surface area contributed by atoms with E-state index in [9.17, 15) is 4.79 Å². The first-order chi connectivity index (χ1) is 7.97. The number of nitrogens with two attached hydrogens (primary N) is 2. The highest BCUT2D eigenvalue weighted by Gasteiger charge is 2.41. The van der Waals surface area contributed by atoms with Crippen molar-refractivity contribution in [1.82, 2.24) is 4.90 Å². The van der Waals surface area contributed by atoms with Crippen LogP contribution in [-0.2, 0) is 4.99 Å². The molecule has 17 heavy (non-hydrogen) atoms. The fraction of sp³-hybridized carbons (Fsp3) is 0.250. The van der Waals surface area contributed by atoms with Crippen molar-refractivity contribution in [2.75, 3.05) is 0 Å². The molecule has 5 heteroatoms. The van der Waals surface area contributed by atoms with Crippen LogP contribution in [0, 0.1) is 13.8 Å². The number of nitrogens with zero attached hydrogens (tertiary/aromatic N) is 1. The molecular formula is C12H15N3OS. The minimum Gasteiger partial charge on any atom is -0.351 e. The van der Waals surface area contributed by atoms with E-state index < -0.39 is 11.0 Å². The maximum atomic E-state index is 11.4. The summed E-state index contributed by atoms with van der Waals surface area (Å²) in [5.74, 6) is 0. The number of carbonyl (C=O) groups excluding carboxylic acids is 1. The van der Waals surface area contributed by atoms with Gasteiger partial charge in [-0.15, -0.1) is 0 Å². The zero-order chi connectivity index (χ0) is 12.6. The van der Waals surface area contributed by atoms with E-state index >= 15 is 0 Å². The first kappa shape index (κ1) is 12.0. The molecule has 0 spiro atoms. The van der Waals surface area contributed by atoms with Crippen LogP contribution in [0.3, 0.4) is 0 Å². The van der Waals surface area contributed by atoms with Crippen LogP contribution in [0.1, 0.15) is 16.7 Å². The Morgan fingerprint density at radius 3 is 2.47 bits per heavy atom. The van der Waals surface area contributed by atoms with Crippen molar-refractivity contribution in [2.45, 2.75) is 18.8 Å². The molecule has 90 valence electrons. The number of thioether (sulfide) groups is 1. The molecule has 1 aromatic carbocycles. The molecule has 0 aromatic heterocycles. The van der Waals surface area contributed by atoms with Crippen molar-refractivity contribution in [1.29, 1.82) is 0 Å². The summed E-state index contributed by atoms with van der Waals surface area (Å²) in [4.78, 5) is 11.9. The number of urea groups is 1. The molecule has 1 aliphatic heterocycles. The molecule has 2 amide bonds. The standard InChI is InChI=1S/C12H15N3OS/c1-8-4-3-5-9(2)10(8)12(14)15(11(13)16)6-7-17-12/h3-7H,14H2,1-2H3,(H2,13,16). The van der Waals surface area contributed by atoms with Crippen molar-refractivity contribution in [3.63, 3.8) is 0 Å². The molecule has 1 atom stereocenters. The van der Waals surface area contributed by atoms with Crippen LogP contribution >= 0.6 is 11.8 Å². The van der Waals surface area contributed by atoms with Gasteiger partial charge >= 0.3 is 6.03 Å². The van der Waals surface area contributed by atoms with E-state index in [1.165, 1.54) is 16.7 Å². The maximum Gasteiger partial charge on any atom is 0.321 e. The highest BCUT2D eigenvalue weighted by Crippen LogP contribution is 2.43. The third kappa shape index (κ3) is 1.81. The summed E-state index contributed by atoms with van der Waals surface area (Å²) in [6.45, 7) is 3.96. The Labute approximate surface area is 105 Å². The normalized spacial score (nSPS) is 23.1. The molecule has 1 aliphatic rings. The van der Waals surface area contributed by atoms with E-state index in [-0.39, 0.29) is 0 Å². The zero-order valence-corrected chi connectivity index (χ0v) is 10.6. The van der Waals surface area contributed by atoms with Crippen LogP contribution in [-0.4, -0.2) is 10.9 Å². The average Bonchev–Trinajstić information content (AvgIpc) is 2.60. The minimum atomic E-state index is -0.929. The summed E-state index contributed by atoms with van der Waals surface area (Å²) < 4.78 is 0. The van der Waals surface area contributed by atoms with Crippen LogP contribution in [0.2, 0.25) is 0 Å². The summed E-state index contributed by atoms with van der Waals surface area (Å²) >= 11 is 1.38. The van der Waals surface area contributed by atoms with Crippen LogP contribution < -0.4 is 11.5 Å². The first-order valence-corrected chi connectivity index (χ1v) is 6.13. The molecule has 0 radical (unpaired) electrons. The lowest BCUT2D eigenvalue weighted by molar-refractivity contribution is 0.204. The predicted molar refractivity (Wildman–Crippen MR) is 69.9 cm³/mol. The topological polar surface area (TPSA) is 72.3 Å². The van der Waals surface area contributed by atoms with Gasteiger partial charge in [0.1, 0.15) is 0 Å². The van der Waals surface area contributed by atoms with Gasteiger partial charge in [0, 0.05) is 11.8 Å². The molecule has 4 nitrogen and oxygen atoms in total. The lowest BCUT2D eigenvalue weighted by Crippen LogP contribution is -2.51. The molecule has 1 heterocycles. The number of hydrogen-bond donors (Lipinski definition) is 2. The number of carbonyl (C=O) groups is 1. The van der Waals surface area contributed by atoms with Gasteiger partial charge in [-0.3, -0.25) is 10.6 Å². The zero-order valence-electron chi connectivity index (χ0n) is 9.81. The SMILES string of the molecule is Cc1cccc(C)c1C1(N)SC=CN1C(N)=O. The van der Waals surface area contributed by atoms with Gasteiger partial charge in [-0.05, 0) is 30.4 Å². The molecule has 1 unspecified atom stereocenters. The Bertz CT molecular complexity index is 480.